The number of rotatable bonds is 5. The Morgan fingerprint density at radius 2 is 1.71 bits per heavy atom. The molecule has 1 amide bonds. The monoisotopic (exact) mass is 392 g/mol. The van der Waals surface area contributed by atoms with Crippen LogP contribution < -0.4 is 5.32 Å². The average molecular weight is 392 g/mol. The van der Waals surface area contributed by atoms with Gasteiger partial charge in [-0.2, -0.15) is 13.2 Å². The van der Waals surface area contributed by atoms with Crippen molar-refractivity contribution in [1.82, 2.24) is 14.8 Å². The molecule has 0 bridgehead atoms. The Labute approximate surface area is 162 Å². The topological polar surface area (TPSA) is 48.5 Å². The lowest BCUT2D eigenvalue weighted by Crippen LogP contribution is -2.48. The van der Waals surface area contributed by atoms with Gasteiger partial charge in [-0.1, -0.05) is 6.07 Å². The van der Waals surface area contributed by atoms with Gasteiger partial charge in [-0.25, -0.2) is 0 Å². The second-order valence-electron chi connectivity index (χ2n) is 6.92. The van der Waals surface area contributed by atoms with Crippen molar-refractivity contribution < 1.29 is 18.0 Å². The Morgan fingerprint density at radius 1 is 1.07 bits per heavy atom. The number of hydrogen-bond acceptors (Lipinski definition) is 4. The Morgan fingerprint density at radius 3 is 2.32 bits per heavy atom. The minimum atomic E-state index is -4.38. The predicted molar refractivity (Wildman–Crippen MR) is 101 cm³/mol. The summed E-state index contributed by atoms with van der Waals surface area (Å²) in [7, 11) is 0. The molecular formula is C20H23F3N4O. The zero-order chi connectivity index (χ0) is 20.1. The SMILES string of the molecule is Cc1ncccc1CN1CCN(CC(=O)Nc2ccc(C(F)(F)F)cc2)CC1. The maximum atomic E-state index is 12.6. The molecule has 150 valence electrons. The number of halogens is 3. The van der Waals surface area contributed by atoms with Gasteiger partial charge in [0.15, 0.2) is 0 Å². The van der Waals surface area contributed by atoms with Gasteiger partial charge in [-0.15, -0.1) is 0 Å². The van der Waals surface area contributed by atoms with Crippen LogP contribution in [-0.4, -0.2) is 53.4 Å². The number of nitrogens with zero attached hydrogens (tertiary/aromatic N) is 3. The highest BCUT2D eigenvalue weighted by atomic mass is 19.4. The molecule has 0 radical (unpaired) electrons. The van der Waals surface area contributed by atoms with E-state index in [1.807, 2.05) is 17.9 Å². The van der Waals surface area contributed by atoms with Gasteiger partial charge in [0.1, 0.15) is 0 Å². The van der Waals surface area contributed by atoms with Crippen molar-refractivity contribution in [2.75, 3.05) is 38.0 Å². The zero-order valence-corrected chi connectivity index (χ0v) is 15.7. The van der Waals surface area contributed by atoms with Crippen molar-refractivity contribution in [3.63, 3.8) is 0 Å². The van der Waals surface area contributed by atoms with E-state index in [1.165, 1.54) is 17.7 Å². The number of piperazine rings is 1. The summed E-state index contributed by atoms with van der Waals surface area (Å²) in [6.07, 6.45) is -2.59. The Balaban J connectivity index is 1.44. The lowest BCUT2D eigenvalue weighted by molar-refractivity contribution is -0.137. The Kier molecular flexibility index (Phi) is 6.31. The summed E-state index contributed by atoms with van der Waals surface area (Å²) in [4.78, 5) is 20.9. The second kappa shape index (κ2) is 8.70. The molecule has 28 heavy (non-hydrogen) atoms. The van der Waals surface area contributed by atoms with E-state index < -0.39 is 11.7 Å². The fraction of sp³-hybridized carbons (Fsp3) is 0.400. The van der Waals surface area contributed by atoms with Crippen LogP contribution in [0.2, 0.25) is 0 Å². The number of carbonyl (C=O) groups is 1. The quantitative estimate of drug-likeness (QED) is 0.849. The molecule has 1 saturated heterocycles. The van der Waals surface area contributed by atoms with Crippen molar-refractivity contribution in [3.8, 4) is 0 Å². The fourth-order valence-corrected chi connectivity index (χ4v) is 3.18. The van der Waals surface area contributed by atoms with E-state index in [9.17, 15) is 18.0 Å². The maximum Gasteiger partial charge on any atom is 0.416 e. The molecule has 8 heteroatoms. The highest BCUT2D eigenvalue weighted by molar-refractivity contribution is 5.92. The van der Waals surface area contributed by atoms with Crippen molar-refractivity contribution in [3.05, 3.63) is 59.4 Å². The molecule has 1 N–H and O–H groups in total. The number of hydrogen-bond donors (Lipinski definition) is 1. The molecule has 1 aliphatic rings. The van der Waals surface area contributed by atoms with Gasteiger partial charge in [-0.3, -0.25) is 19.6 Å². The van der Waals surface area contributed by atoms with Gasteiger partial charge in [0.05, 0.1) is 12.1 Å². The third-order valence-corrected chi connectivity index (χ3v) is 4.84. The molecule has 1 aromatic carbocycles. The van der Waals surface area contributed by atoms with Crippen molar-refractivity contribution in [1.29, 1.82) is 0 Å². The number of pyridine rings is 1. The fourth-order valence-electron chi connectivity index (χ4n) is 3.18. The first-order valence-corrected chi connectivity index (χ1v) is 9.13. The van der Waals surface area contributed by atoms with E-state index in [4.69, 9.17) is 0 Å². The van der Waals surface area contributed by atoms with Crippen molar-refractivity contribution in [2.24, 2.45) is 0 Å². The molecular weight excluding hydrogens is 369 g/mol. The van der Waals surface area contributed by atoms with Crippen LogP contribution in [0.3, 0.4) is 0 Å². The Bertz CT molecular complexity index is 800. The van der Waals surface area contributed by atoms with Crippen LogP contribution in [0.1, 0.15) is 16.8 Å². The summed E-state index contributed by atoms with van der Waals surface area (Å²) >= 11 is 0. The van der Waals surface area contributed by atoms with Crippen LogP contribution in [0, 0.1) is 6.92 Å². The minimum absolute atomic E-state index is 0.223. The molecule has 0 atom stereocenters. The third kappa shape index (κ3) is 5.53. The highest BCUT2D eigenvalue weighted by Crippen LogP contribution is 2.29. The van der Waals surface area contributed by atoms with E-state index in [2.05, 4.69) is 21.3 Å². The van der Waals surface area contributed by atoms with Crippen LogP contribution in [0.25, 0.3) is 0 Å². The predicted octanol–water partition coefficient (Wildman–Crippen LogP) is 3.17. The van der Waals surface area contributed by atoms with E-state index in [0.29, 0.717) is 5.69 Å². The largest absolute Gasteiger partial charge is 0.416 e. The summed E-state index contributed by atoms with van der Waals surface area (Å²) in [6.45, 7) is 6.28. The zero-order valence-electron chi connectivity index (χ0n) is 15.7. The van der Waals surface area contributed by atoms with Crippen LogP contribution in [0.5, 0.6) is 0 Å². The van der Waals surface area contributed by atoms with Crippen LogP contribution >= 0.6 is 0 Å². The lowest BCUT2D eigenvalue weighted by atomic mass is 10.2. The van der Waals surface area contributed by atoms with Crippen LogP contribution in [0.4, 0.5) is 18.9 Å². The minimum Gasteiger partial charge on any atom is -0.325 e. The summed E-state index contributed by atoms with van der Waals surface area (Å²) in [5.41, 5.74) is 1.87. The van der Waals surface area contributed by atoms with Crippen LogP contribution in [-0.2, 0) is 17.5 Å². The van der Waals surface area contributed by atoms with E-state index >= 15 is 0 Å². The number of benzene rings is 1. The first kappa shape index (κ1) is 20.3. The molecule has 5 nitrogen and oxygen atoms in total. The third-order valence-electron chi connectivity index (χ3n) is 4.84. The lowest BCUT2D eigenvalue weighted by Gasteiger charge is -2.34. The second-order valence-corrected chi connectivity index (χ2v) is 6.92. The molecule has 0 unspecified atom stereocenters. The van der Waals surface area contributed by atoms with Gasteiger partial charge in [0.2, 0.25) is 5.91 Å². The van der Waals surface area contributed by atoms with Crippen LogP contribution in [0.15, 0.2) is 42.6 Å². The van der Waals surface area contributed by atoms with Gasteiger partial charge >= 0.3 is 6.18 Å². The highest BCUT2D eigenvalue weighted by Gasteiger charge is 2.30. The van der Waals surface area contributed by atoms with E-state index in [0.717, 1.165) is 50.6 Å². The molecule has 1 aliphatic heterocycles. The van der Waals surface area contributed by atoms with Gasteiger partial charge < -0.3 is 5.32 Å². The standard InChI is InChI=1S/C20H23F3N4O/c1-15-16(3-2-8-24-15)13-26-9-11-27(12-10-26)14-19(28)25-18-6-4-17(5-7-18)20(21,22)23/h2-8H,9-14H2,1H3,(H,25,28). The number of alkyl halides is 3. The number of amides is 1. The smallest absolute Gasteiger partial charge is 0.325 e. The van der Waals surface area contributed by atoms with Crippen molar-refractivity contribution in [2.45, 2.75) is 19.6 Å². The molecule has 2 heterocycles. The van der Waals surface area contributed by atoms with E-state index in [-0.39, 0.29) is 12.5 Å². The number of aryl methyl sites for hydroxylation is 1. The summed E-state index contributed by atoms with van der Waals surface area (Å²) in [6, 6.07) is 8.49. The maximum absolute atomic E-state index is 12.6. The number of anilines is 1. The van der Waals surface area contributed by atoms with E-state index in [1.54, 1.807) is 6.20 Å². The molecule has 0 spiro atoms. The van der Waals surface area contributed by atoms with Crippen molar-refractivity contribution >= 4 is 11.6 Å². The summed E-state index contributed by atoms with van der Waals surface area (Å²) < 4.78 is 37.7. The van der Waals surface area contributed by atoms with Gasteiger partial charge in [-0.05, 0) is 42.8 Å². The molecule has 0 saturated carbocycles. The summed E-state index contributed by atoms with van der Waals surface area (Å²) in [5.74, 6) is -0.226. The number of aromatic nitrogens is 1. The molecule has 2 aromatic rings. The number of nitrogens with one attached hydrogen (secondary N) is 1. The molecule has 1 aromatic heterocycles. The van der Waals surface area contributed by atoms with Gasteiger partial charge in [0, 0.05) is 50.3 Å². The first-order chi connectivity index (χ1) is 13.3. The average Bonchev–Trinajstić information content (AvgIpc) is 2.65. The molecule has 1 fully saturated rings. The normalized spacial score (nSPS) is 16.1. The molecule has 0 aliphatic carbocycles. The molecule has 3 rings (SSSR count). The Hall–Kier alpha value is -2.45. The summed E-state index contributed by atoms with van der Waals surface area (Å²) in [5, 5.41) is 2.66. The first-order valence-electron chi connectivity index (χ1n) is 9.13. The van der Waals surface area contributed by atoms with Gasteiger partial charge in [0.25, 0.3) is 0 Å². The number of carbonyl (C=O) groups excluding carboxylic acids is 1.